The molecule has 0 atom stereocenters. The maximum atomic E-state index is 13.1. The van der Waals surface area contributed by atoms with Crippen LogP contribution in [0.1, 0.15) is 16.2 Å². The number of hydrogen-bond donors (Lipinski definition) is 2. The Balaban J connectivity index is 1.61. The van der Waals surface area contributed by atoms with Gasteiger partial charge in [0, 0.05) is 11.9 Å². The first kappa shape index (κ1) is 16.8. The standard InChI is InChI=1S/C17H13ClFN5O/c18-13-7-11(4-5-14(13)19)24-16-10-21-15(9-22-16)17(25)23-8-12-3-1-2-6-20-12/h1-7,9-10H,8H2,(H,22,24)(H,23,25). The van der Waals surface area contributed by atoms with Crippen LogP contribution in [0.3, 0.4) is 0 Å². The number of benzene rings is 1. The van der Waals surface area contributed by atoms with Crippen molar-refractivity contribution in [2.75, 3.05) is 5.32 Å². The van der Waals surface area contributed by atoms with Crippen LogP contribution >= 0.6 is 11.6 Å². The van der Waals surface area contributed by atoms with E-state index in [1.54, 1.807) is 12.3 Å². The van der Waals surface area contributed by atoms with Crippen molar-refractivity contribution in [3.8, 4) is 0 Å². The van der Waals surface area contributed by atoms with Gasteiger partial charge in [-0.2, -0.15) is 0 Å². The summed E-state index contributed by atoms with van der Waals surface area (Å²) < 4.78 is 13.1. The second kappa shape index (κ2) is 7.67. The van der Waals surface area contributed by atoms with Crippen molar-refractivity contribution >= 4 is 29.0 Å². The molecule has 2 aromatic heterocycles. The van der Waals surface area contributed by atoms with E-state index in [9.17, 15) is 9.18 Å². The Labute approximate surface area is 148 Å². The number of halogens is 2. The van der Waals surface area contributed by atoms with E-state index < -0.39 is 5.82 Å². The third-order valence-electron chi connectivity index (χ3n) is 3.23. The fourth-order valence-corrected chi connectivity index (χ4v) is 2.18. The van der Waals surface area contributed by atoms with Gasteiger partial charge < -0.3 is 10.6 Å². The smallest absolute Gasteiger partial charge is 0.271 e. The lowest BCUT2D eigenvalue weighted by Gasteiger charge is -2.07. The van der Waals surface area contributed by atoms with Gasteiger partial charge >= 0.3 is 0 Å². The predicted molar refractivity (Wildman–Crippen MR) is 92.1 cm³/mol. The quantitative estimate of drug-likeness (QED) is 0.732. The molecule has 0 spiro atoms. The van der Waals surface area contributed by atoms with Crippen LogP contribution in [-0.2, 0) is 6.54 Å². The topological polar surface area (TPSA) is 79.8 Å². The number of hydrogen-bond acceptors (Lipinski definition) is 5. The molecule has 0 aliphatic rings. The fraction of sp³-hybridized carbons (Fsp3) is 0.0588. The summed E-state index contributed by atoms with van der Waals surface area (Å²) in [4.78, 5) is 24.3. The summed E-state index contributed by atoms with van der Waals surface area (Å²) in [6.07, 6.45) is 4.41. The Morgan fingerprint density at radius 3 is 2.68 bits per heavy atom. The highest BCUT2D eigenvalue weighted by Crippen LogP contribution is 2.21. The molecule has 25 heavy (non-hydrogen) atoms. The van der Waals surface area contributed by atoms with Gasteiger partial charge in [0.1, 0.15) is 17.3 Å². The van der Waals surface area contributed by atoms with Crippen molar-refractivity contribution in [1.29, 1.82) is 0 Å². The monoisotopic (exact) mass is 357 g/mol. The summed E-state index contributed by atoms with van der Waals surface area (Å²) >= 11 is 5.72. The fourth-order valence-electron chi connectivity index (χ4n) is 2.00. The number of aromatic nitrogens is 3. The van der Waals surface area contributed by atoms with E-state index in [-0.39, 0.29) is 16.6 Å². The van der Waals surface area contributed by atoms with E-state index in [4.69, 9.17) is 11.6 Å². The molecule has 3 rings (SSSR count). The van der Waals surface area contributed by atoms with Gasteiger partial charge in [0.15, 0.2) is 0 Å². The molecule has 0 saturated heterocycles. The zero-order valence-corrected chi connectivity index (χ0v) is 13.7. The van der Waals surface area contributed by atoms with Crippen LogP contribution in [0.15, 0.2) is 55.0 Å². The molecule has 0 bridgehead atoms. The average molecular weight is 358 g/mol. The predicted octanol–water partition coefficient (Wildman–Crippen LogP) is 3.34. The van der Waals surface area contributed by atoms with Gasteiger partial charge in [0.2, 0.25) is 0 Å². The number of amides is 1. The summed E-state index contributed by atoms with van der Waals surface area (Å²) in [7, 11) is 0. The lowest BCUT2D eigenvalue weighted by molar-refractivity contribution is 0.0945. The summed E-state index contributed by atoms with van der Waals surface area (Å²) in [5, 5.41) is 5.65. The van der Waals surface area contributed by atoms with Gasteiger partial charge in [-0.15, -0.1) is 0 Å². The van der Waals surface area contributed by atoms with Crippen molar-refractivity contribution in [3.05, 3.63) is 77.2 Å². The first-order valence-corrected chi connectivity index (χ1v) is 7.72. The lowest BCUT2D eigenvalue weighted by Crippen LogP contribution is -2.24. The Hall–Kier alpha value is -3.06. The summed E-state index contributed by atoms with van der Waals surface area (Å²) in [6, 6.07) is 9.67. The van der Waals surface area contributed by atoms with Crippen LogP contribution in [0.4, 0.5) is 15.9 Å². The first-order chi connectivity index (χ1) is 12.1. The third kappa shape index (κ3) is 4.48. The van der Waals surface area contributed by atoms with E-state index in [1.165, 1.54) is 30.6 Å². The van der Waals surface area contributed by atoms with Crippen LogP contribution in [0.5, 0.6) is 0 Å². The molecule has 3 aromatic rings. The van der Waals surface area contributed by atoms with Crippen molar-refractivity contribution in [3.63, 3.8) is 0 Å². The molecule has 2 N–H and O–H groups in total. The van der Waals surface area contributed by atoms with Gasteiger partial charge in [0.25, 0.3) is 5.91 Å². The van der Waals surface area contributed by atoms with Crippen molar-refractivity contribution in [2.45, 2.75) is 6.54 Å². The van der Waals surface area contributed by atoms with Gasteiger partial charge in [-0.3, -0.25) is 9.78 Å². The van der Waals surface area contributed by atoms with E-state index in [2.05, 4.69) is 25.6 Å². The molecule has 0 fully saturated rings. The van der Waals surface area contributed by atoms with Gasteiger partial charge in [-0.25, -0.2) is 14.4 Å². The highest BCUT2D eigenvalue weighted by molar-refractivity contribution is 6.31. The number of nitrogens with one attached hydrogen (secondary N) is 2. The molecule has 0 radical (unpaired) electrons. The number of carbonyl (C=O) groups excluding carboxylic acids is 1. The molecule has 8 heteroatoms. The van der Waals surface area contributed by atoms with Crippen molar-refractivity contribution in [2.24, 2.45) is 0 Å². The summed E-state index contributed by atoms with van der Waals surface area (Å²) in [5.74, 6) is -0.447. The summed E-state index contributed by atoms with van der Waals surface area (Å²) in [6.45, 7) is 0.301. The Morgan fingerprint density at radius 2 is 2.00 bits per heavy atom. The van der Waals surface area contributed by atoms with E-state index in [0.29, 0.717) is 18.1 Å². The minimum absolute atomic E-state index is 0.00322. The Bertz CT molecular complexity index is 874. The van der Waals surface area contributed by atoms with Crippen LogP contribution in [0.2, 0.25) is 5.02 Å². The largest absolute Gasteiger partial charge is 0.345 e. The zero-order chi connectivity index (χ0) is 17.6. The Morgan fingerprint density at radius 1 is 1.12 bits per heavy atom. The van der Waals surface area contributed by atoms with E-state index >= 15 is 0 Å². The zero-order valence-electron chi connectivity index (χ0n) is 12.9. The minimum Gasteiger partial charge on any atom is -0.345 e. The van der Waals surface area contributed by atoms with E-state index in [0.717, 1.165) is 5.69 Å². The second-order valence-electron chi connectivity index (χ2n) is 5.04. The molecule has 0 aliphatic heterocycles. The van der Waals surface area contributed by atoms with Crippen molar-refractivity contribution in [1.82, 2.24) is 20.3 Å². The molecule has 0 aliphatic carbocycles. The lowest BCUT2D eigenvalue weighted by atomic mass is 10.3. The van der Waals surface area contributed by atoms with Crippen molar-refractivity contribution < 1.29 is 9.18 Å². The van der Waals surface area contributed by atoms with Crippen LogP contribution in [0, 0.1) is 5.82 Å². The SMILES string of the molecule is O=C(NCc1ccccn1)c1cnc(Nc2ccc(F)c(Cl)c2)cn1. The highest BCUT2D eigenvalue weighted by atomic mass is 35.5. The summed E-state index contributed by atoms with van der Waals surface area (Å²) in [5.41, 5.74) is 1.49. The highest BCUT2D eigenvalue weighted by Gasteiger charge is 2.08. The maximum Gasteiger partial charge on any atom is 0.271 e. The maximum absolute atomic E-state index is 13.1. The molecule has 0 saturated carbocycles. The number of pyridine rings is 1. The van der Waals surface area contributed by atoms with Gasteiger partial charge in [-0.1, -0.05) is 17.7 Å². The van der Waals surface area contributed by atoms with Crippen LogP contribution in [-0.4, -0.2) is 20.9 Å². The van der Waals surface area contributed by atoms with E-state index in [1.807, 2.05) is 12.1 Å². The molecule has 2 heterocycles. The first-order valence-electron chi connectivity index (χ1n) is 7.34. The molecular weight excluding hydrogens is 345 g/mol. The minimum atomic E-state index is -0.502. The molecule has 1 aromatic carbocycles. The number of anilines is 2. The second-order valence-corrected chi connectivity index (χ2v) is 5.45. The molecule has 1 amide bonds. The van der Waals surface area contributed by atoms with Gasteiger partial charge in [-0.05, 0) is 30.3 Å². The van der Waals surface area contributed by atoms with Crippen LogP contribution < -0.4 is 10.6 Å². The number of rotatable bonds is 5. The number of nitrogens with zero attached hydrogens (tertiary/aromatic N) is 3. The van der Waals surface area contributed by atoms with Gasteiger partial charge in [0.05, 0.1) is 29.7 Å². The Kier molecular flexibility index (Phi) is 5.15. The number of carbonyl (C=O) groups is 1. The van der Waals surface area contributed by atoms with Crippen LogP contribution in [0.25, 0.3) is 0 Å². The molecule has 0 unspecified atom stereocenters. The average Bonchev–Trinajstić information content (AvgIpc) is 2.64. The molecule has 6 nitrogen and oxygen atoms in total. The molecular formula is C17H13ClFN5O. The molecule has 126 valence electrons. The normalized spacial score (nSPS) is 10.3. The third-order valence-corrected chi connectivity index (χ3v) is 3.52.